The summed E-state index contributed by atoms with van der Waals surface area (Å²) in [6, 6.07) is -1.95. The molecular formula is C23H42N2O7. The Morgan fingerprint density at radius 2 is 1.22 bits per heavy atom. The molecule has 0 fully saturated rings. The number of hydrogen-bond donors (Lipinski definition) is 3. The number of carbonyl (C=O) groups is 4. The molecule has 0 saturated carbocycles. The van der Waals surface area contributed by atoms with Crippen molar-refractivity contribution in [3.8, 4) is 0 Å². The number of aliphatic hydroxyl groups is 1. The number of rotatable bonds is 11. The molecule has 0 aliphatic heterocycles. The van der Waals surface area contributed by atoms with Crippen LogP contribution in [0.3, 0.4) is 0 Å². The Labute approximate surface area is 192 Å². The summed E-state index contributed by atoms with van der Waals surface area (Å²) in [6.45, 7) is 17.2. The van der Waals surface area contributed by atoms with Crippen molar-refractivity contribution < 1.29 is 33.8 Å². The summed E-state index contributed by atoms with van der Waals surface area (Å²) < 4.78 is 10.9. The summed E-state index contributed by atoms with van der Waals surface area (Å²) in [4.78, 5) is 50.2. The van der Waals surface area contributed by atoms with Crippen LogP contribution in [0.5, 0.6) is 0 Å². The number of aliphatic hydroxyl groups excluding tert-OH is 1. The zero-order valence-corrected chi connectivity index (χ0v) is 21.1. The highest BCUT2D eigenvalue weighted by Crippen LogP contribution is 2.16. The second kappa shape index (κ2) is 12.8. The Morgan fingerprint density at radius 3 is 1.59 bits per heavy atom. The molecule has 9 heteroatoms. The summed E-state index contributed by atoms with van der Waals surface area (Å²) in [5, 5.41) is 14.5. The fourth-order valence-electron chi connectivity index (χ4n) is 2.73. The van der Waals surface area contributed by atoms with Gasteiger partial charge in [-0.05, 0) is 51.9 Å². The molecule has 4 atom stereocenters. The zero-order valence-electron chi connectivity index (χ0n) is 21.1. The number of esters is 2. The Balaban J connectivity index is 5.56. The minimum Gasteiger partial charge on any atom is -0.458 e. The van der Waals surface area contributed by atoms with Crippen molar-refractivity contribution >= 4 is 23.8 Å². The molecule has 0 bridgehead atoms. The van der Waals surface area contributed by atoms with Gasteiger partial charge >= 0.3 is 11.9 Å². The van der Waals surface area contributed by atoms with Crippen molar-refractivity contribution in [1.82, 2.24) is 10.6 Å². The van der Waals surface area contributed by atoms with Gasteiger partial charge in [-0.3, -0.25) is 9.59 Å². The molecule has 0 unspecified atom stereocenters. The third-order valence-electron chi connectivity index (χ3n) is 4.46. The van der Waals surface area contributed by atoms with Crippen LogP contribution in [0.1, 0.15) is 75.7 Å². The van der Waals surface area contributed by atoms with Gasteiger partial charge in [-0.2, -0.15) is 0 Å². The van der Waals surface area contributed by atoms with Crippen LogP contribution in [0.4, 0.5) is 0 Å². The maximum atomic E-state index is 13.0. The maximum absolute atomic E-state index is 13.0. The molecule has 9 nitrogen and oxygen atoms in total. The molecule has 0 heterocycles. The van der Waals surface area contributed by atoms with Crippen molar-refractivity contribution in [1.29, 1.82) is 0 Å². The lowest BCUT2D eigenvalue weighted by Gasteiger charge is -2.29. The third-order valence-corrected chi connectivity index (χ3v) is 4.46. The lowest BCUT2D eigenvalue weighted by atomic mass is 10.0. The van der Waals surface area contributed by atoms with Crippen LogP contribution in [-0.2, 0) is 28.7 Å². The van der Waals surface area contributed by atoms with E-state index in [9.17, 15) is 24.3 Å². The van der Waals surface area contributed by atoms with E-state index in [1.165, 1.54) is 6.92 Å². The van der Waals surface area contributed by atoms with E-state index < -0.39 is 53.6 Å². The second-order valence-corrected chi connectivity index (χ2v) is 10.2. The zero-order chi connectivity index (χ0) is 25.4. The SMILES string of the molecule is CC(C)C[C@@H](OC(=O)[C@@H](NC(=O)[C@@H](C)O)C(C)C)C(=O)N[C@@H](C(=O)OC(C)(C)C)C(C)C. The molecule has 0 aliphatic rings. The smallest absolute Gasteiger partial charge is 0.329 e. The predicted molar refractivity (Wildman–Crippen MR) is 120 cm³/mol. The first-order valence-corrected chi connectivity index (χ1v) is 11.2. The molecule has 0 aromatic carbocycles. The number of hydrogen-bond acceptors (Lipinski definition) is 7. The van der Waals surface area contributed by atoms with Gasteiger partial charge in [0.2, 0.25) is 5.91 Å². The topological polar surface area (TPSA) is 131 Å². The lowest BCUT2D eigenvalue weighted by Crippen LogP contribution is -2.53. The number of amides is 2. The molecule has 0 rings (SSSR count). The average molecular weight is 459 g/mol. The van der Waals surface area contributed by atoms with Gasteiger partial charge in [0.05, 0.1) is 0 Å². The van der Waals surface area contributed by atoms with Gasteiger partial charge in [-0.25, -0.2) is 9.59 Å². The molecule has 0 spiro atoms. The first kappa shape index (κ1) is 29.8. The van der Waals surface area contributed by atoms with Gasteiger partial charge < -0.3 is 25.2 Å². The van der Waals surface area contributed by atoms with Crippen LogP contribution >= 0.6 is 0 Å². The standard InChI is InChI=1S/C23H42N2O7/c1-12(2)11-16(31-21(29)17(13(3)4)24-19(27)15(7)26)20(28)25-18(14(5)6)22(30)32-23(8,9)10/h12-18,26H,11H2,1-10H3,(H,24,27)(H,25,28)/t15-,16-,17+,18-/m1/s1. The molecule has 2 amide bonds. The Bertz CT molecular complexity index is 651. The molecule has 186 valence electrons. The lowest BCUT2D eigenvalue weighted by molar-refractivity contribution is -0.164. The first-order valence-electron chi connectivity index (χ1n) is 11.2. The van der Waals surface area contributed by atoms with E-state index in [-0.39, 0.29) is 24.2 Å². The maximum Gasteiger partial charge on any atom is 0.329 e. The highest BCUT2D eigenvalue weighted by molar-refractivity contribution is 5.91. The molecule has 32 heavy (non-hydrogen) atoms. The highest BCUT2D eigenvalue weighted by atomic mass is 16.6. The largest absolute Gasteiger partial charge is 0.458 e. The van der Waals surface area contributed by atoms with Crippen LogP contribution in [0.15, 0.2) is 0 Å². The monoisotopic (exact) mass is 458 g/mol. The fourth-order valence-corrected chi connectivity index (χ4v) is 2.73. The Hall–Kier alpha value is -2.16. The van der Waals surface area contributed by atoms with Crippen molar-refractivity contribution in [3.63, 3.8) is 0 Å². The molecule has 0 radical (unpaired) electrons. The summed E-state index contributed by atoms with van der Waals surface area (Å²) in [5.41, 5.74) is -0.717. The quantitative estimate of drug-likeness (QED) is 0.403. The Morgan fingerprint density at radius 1 is 0.781 bits per heavy atom. The summed E-state index contributed by atoms with van der Waals surface area (Å²) in [7, 11) is 0. The van der Waals surface area contributed by atoms with Gasteiger partial charge in [-0.1, -0.05) is 41.5 Å². The van der Waals surface area contributed by atoms with E-state index >= 15 is 0 Å². The van der Waals surface area contributed by atoms with Gasteiger partial charge in [0, 0.05) is 0 Å². The van der Waals surface area contributed by atoms with E-state index in [2.05, 4.69) is 10.6 Å². The van der Waals surface area contributed by atoms with E-state index in [1.807, 2.05) is 13.8 Å². The van der Waals surface area contributed by atoms with E-state index in [0.717, 1.165) is 0 Å². The third kappa shape index (κ3) is 10.9. The minimum absolute atomic E-state index is 0.0159. The molecule has 0 aliphatic carbocycles. The molecule has 0 saturated heterocycles. The van der Waals surface area contributed by atoms with Crippen molar-refractivity contribution in [2.75, 3.05) is 0 Å². The van der Waals surface area contributed by atoms with Crippen LogP contribution in [0.2, 0.25) is 0 Å². The normalized spacial score (nSPS) is 15.7. The molecule has 3 N–H and O–H groups in total. The van der Waals surface area contributed by atoms with Gasteiger partial charge in [0.25, 0.3) is 5.91 Å². The molecule has 0 aromatic heterocycles. The van der Waals surface area contributed by atoms with Gasteiger partial charge in [0.1, 0.15) is 23.8 Å². The molecular weight excluding hydrogens is 416 g/mol. The van der Waals surface area contributed by atoms with E-state index in [1.54, 1.807) is 48.5 Å². The molecule has 0 aromatic rings. The van der Waals surface area contributed by atoms with E-state index in [4.69, 9.17) is 9.47 Å². The van der Waals surface area contributed by atoms with Crippen LogP contribution in [0.25, 0.3) is 0 Å². The van der Waals surface area contributed by atoms with Crippen LogP contribution in [-0.4, -0.2) is 58.8 Å². The van der Waals surface area contributed by atoms with Crippen LogP contribution in [0, 0.1) is 17.8 Å². The van der Waals surface area contributed by atoms with Crippen molar-refractivity contribution in [2.45, 2.75) is 106 Å². The predicted octanol–water partition coefficient (Wildman–Crippen LogP) is 1.95. The van der Waals surface area contributed by atoms with E-state index in [0.29, 0.717) is 0 Å². The number of ether oxygens (including phenoxy) is 2. The minimum atomic E-state index is -1.29. The Kier molecular flexibility index (Phi) is 11.9. The van der Waals surface area contributed by atoms with Gasteiger partial charge in [-0.15, -0.1) is 0 Å². The number of carbonyl (C=O) groups excluding carboxylic acids is 4. The first-order chi connectivity index (χ1) is 14.5. The van der Waals surface area contributed by atoms with Crippen molar-refractivity contribution in [2.24, 2.45) is 17.8 Å². The summed E-state index contributed by atoms with van der Waals surface area (Å²) in [5.74, 6) is -3.25. The average Bonchev–Trinajstić information content (AvgIpc) is 2.60. The summed E-state index contributed by atoms with van der Waals surface area (Å²) >= 11 is 0. The van der Waals surface area contributed by atoms with Crippen LogP contribution < -0.4 is 10.6 Å². The fraction of sp³-hybridized carbons (Fsp3) is 0.826. The number of nitrogens with one attached hydrogen (secondary N) is 2. The second-order valence-electron chi connectivity index (χ2n) is 10.2. The summed E-state index contributed by atoms with van der Waals surface area (Å²) in [6.07, 6.45) is -2.22. The van der Waals surface area contributed by atoms with Gasteiger partial charge in [0.15, 0.2) is 6.10 Å². The van der Waals surface area contributed by atoms with Crippen molar-refractivity contribution in [3.05, 3.63) is 0 Å². The highest BCUT2D eigenvalue weighted by Gasteiger charge is 2.35.